The van der Waals surface area contributed by atoms with Crippen molar-refractivity contribution >= 4 is 22.9 Å². The van der Waals surface area contributed by atoms with Gasteiger partial charge in [0.1, 0.15) is 0 Å². The minimum atomic E-state index is 0.123. The molecule has 3 aromatic rings. The summed E-state index contributed by atoms with van der Waals surface area (Å²) in [7, 11) is 0. The van der Waals surface area contributed by atoms with E-state index in [4.69, 9.17) is 0 Å². The van der Waals surface area contributed by atoms with Crippen LogP contribution in [-0.4, -0.2) is 41.5 Å². The molecule has 1 unspecified atom stereocenters. The van der Waals surface area contributed by atoms with Crippen molar-refractivity contribution < 1.29 is 4.79 Å². The number of aryl methyl sites for hydroxylation is 1. The number of hydrogen-bond donors (Lipinski definition) is 0. The summed E-state index contributed by atoms with van der Waals surface area (Å²) in [5.41, 5.74) is 3.42. The molecule has 0 saturated carbocycles. The van der Waals surface area contributed by atoms with E-state index in [1.54, 1.807) is 6.20 Å². The van der Waals surface area contributed by atoms with Gasteiger partial charge in [-0.05, 0) is 55.8 Å². The van der Waals surface area contributed by atoms with Gasteiger partial charge in [-0.2, -0.15) is 0 Å². The van der Waals surface area contributed by atoms with Crippen molar-refractivity contribution in [2.75, 3.05) is 24.5 Å². The normalized spacial score (nSPS) is 17.2. The maximum atomic E-state index is 13.0. The van der Waals surface area contributed by atoms with Gasteiger partial charge in [0, 0.05) is 37.6 Å². The van der Waals surface area contributed by atoms with E-state index in [1.807, 2.05) is 35.2 Å². The number of thiophene rings is 1. The maximum absolute atomic E-state index is 13.0. The molecule has 1 aromatic carbocycles. The predicted molar refractivity (Wildman–Crippen MR) is 111 cm³/mol. The van der Waals surface area contributed by atoms with Crippen molar-refractivity contribution in [2.45, 2.75) is 19.9 Å². The Morgan fingerprint density at radius 3 is 2.74 bits per heavy atom. The second kappa shape index (κ2) is 7.53. The van der Waals surface area contributed by atoms with Gasteiger partial charge in [0.2, 0.25) is 0 Å². The fourth-order valence-corrected chi connectivity index (χ4v) is 4.54. The zero-order valence-electron chi connectivity index (χ0n) is 15.6. The Kier molecular flexibility index (Phi) is 4.94. The first-order valence-corrected chi connectivity index (χ1v) is 10.1. The fourth-order valence-electron chi connectivity index (χ4n) is 3.59. The van der Waals surface area contributed by atoms with E-state index in [0.717, 1.165) is 35.1 Å². The Hall–Kier alpha value is -2.66. The average molecular weight is 378 g/mol. The SMILES string of the molecule is Cc1cccc(N2CCN(C(=O)c3ccc(-c4ccccn4)s3)CC2C)c1. The molecule has 3 heterocycles. The summed E-state index contributed by atoms with van der Waals surface area (Å²) in [4.78, 5) is 23.5. The molecule has 2 aromatic heterocycles. The van der Waals surface area contributed by atoms with Gasteiger partial charge < -0.3 is 9.80 Å². The van der Waals surface area contributed by atoms with E-state index in [0.29, 0.717) is 6.04 Å². The molecule has 4 nitrogen and oxygen atoms in total. The van der Waals surface area contributed by atoms with Gasteiger partial charge in [0.15, 0.2) is 0 Å². The molecule has 0 radical (unpaired) electrons. The number of aromatic nitrogens is 1. The third kappa shape index (κ3) is 3.74. The molecule has 27 heavy (non-hydrogen) atoms. The van der Waals surface area contributed by atoms with Crippen LogP contribution in [0.5, 0.6) is 0 Å². The Morgan fingerprint density at radius 2 is 2.00 bits per heavy atom. The zero-order chi connectivity index (χ0) is 18.8. The van der Waals surface area contributed by atoms with Crippen LogP contribution >= 0.6 is 11.3 Å². The molecule has 138 valence electrons. The second-order valence-corrected chi connectivity index (χ2v) is 8.10. The van der Waals surface area contributed by atoms with Crippen LogP contribution < -0.4 is 4.90 Å². The summed E-state index contributed by atoms with van der Waals surface area (Å²) in [6.07, 6.45) is 1.78. The Morgan fingerprint density at radius 1 is 1.11 bits per heavy atom. The number of rotatable bonds is 3. The number of anilines is 1. The van der Waals surface area contributed by atoms with Crippen LogP contribution in [0.25, 0.3) is 10.6 Å². The van der Waals surface area contributed by atoms with Gasteiger partial charge >= 0.3 is 0 Å². The molecule has 1 saturated heterocycles. The Labute approximate surface area is 164 Å². The highest BCUT2D eigenvalue weighted by Crippen LogP contribution is 2.28. The van der Waals surface area contributed by atoms with Crippen LogP contribution in [0, 0.1) is 6.92 Å². The van der Waals surface area contributed by atoms with Gasteiger partial charge in [0.25, 0.3) is 5.91 Å². The van der Waals surface area contributed by atoms with Gasteiger partial charge in [-0.15, -0.1) is 11.3 Å². The molecule has 0 spiro atoms. The molecule has 1 aliphatic heterocycles. The maximum Gasteiger partial charge on any atom is 0.264 e. The van der Waals surface area contributed by atoms with Gasteiger partial charge in [-0.3, -0.25) is 9.78 Å². The lowest BCUT2D eigenvalue weighted by atomic mass is 10.1. The van der Waals surface area contributed by atoms with Gasteiger partial charge in [-0.25, -0.2) is 0 Å². The van der Waals surface area contributed by atoms with Crippen molar-refractivity contribution in [2.24, 2.45) is 0 Å². The van der Waals surface area contributed by atoms with E-state index in [2.05, 4.69) is 48.0 Å². The topological polar surface area (TPSA) is 36.4 Å². The summed E-state index contributed by atoms with van der Waals surface area (Å²) >= 11 is 1.52. The summed E-state index contributed by atoms with van der Waals surface area (Å²) in [6.45, 7) is 6.64. The summed E-state index contributed by atoms with van der Waals surface area (Å²) < 4.78 is 0. The van der Waals surface area contributed by atoms with E-state index in [1.165, 1.54) is 22.6 Å². The van der Waals surface area contributed by atoms with Crippen molar-refractivity contribution in [1.82, 2.24) is 9.88 Å². The summed E-state index contributed by atoms with van der Waals surface area (Å²) in [5, 5.41) is 0. The number of benzene rings is 1. The molecular formula is C22H23N3OS. The molecule has 0 N–H and O–H groups in total. The van der Waals surface area contributed by atoms with Crippen LogP contribution in [0.1, 0.15) is 22.2 Å². The molecule has 0 bridgehead atoms. The highest BCUT2D eigenvalue weighted by molar-refractivity contribution is 7.17. The molecule has 0 aliphatic carbocycles. The third-order valence-electron chi connectivity index (χ3n) is 4.98. The quantitative estimate of drug-likeness (QED) is 0.676. The van der Waals surface area contributed by atoms with Crippen molar-refractivity contribution in [3.63, 3.8) is 0 Å². The lowest BCUT2D eigenvalue weighted by Gasteiger charge is -2.41. The lowest BCUT2D eigenvalue weighted by Crippen LogP contribution is -2.53. The van der Waals surface area contributed by atoms with Crippen molar-refractivity contribution in [3.8, 4) is 10.6 Å². The van der Waals surface area contributed by atoms with E-state index < -0.39 is 0 Å². The summed E-state index contributed by atoms with van der Waals surface area (Å²) in [6, 6.07) is 18.6. The van der Waals surface area contributed by atoms with E-state index in [9.17, 15) is 4.79 Å². The smallest absolute Gasteiger partial charge is 0.264 e. The molecule has 5 heteroatoms. The number of piperazine rings is 1. The highest BCUT2D eigenvalue weighted by atomic mass is 32.1. The molecule has 1 aliphatic rings. The number of nitrogens with zero attached hydrogens (tertiary/aromatic N) is 3. The monoisotopic (exact) mass is 377 g/mol. The van der Waals surface area contributed by atoms with Gasteiger partial charge in [-0.1, -0.05) is 18.2 Å². The first-order chi connectivity index (χ1) is 13.1. The fraction of sp³-hybridized carbons (Fsp3) is 0.273. The van der Waals surface area contributed by atoms with Crippen molar-refractivity contribution in [1.29, 1.82) is 0 Å². The summed E-state index contributed by atoms with van der Waals surface area (Å²) in [5.74, 6) is 0.123. The average Bonchev–Trinajstić information content (AvgIpc) is 3.18. The van der Waals surface area contributed by atoms with Crippen LogP contribution in [0.15, 0.2) is 60.8 Å². The minimum absolute atomic E-state index is 0.123. The molecule has 4 rings (SSSR count). The first-order valence-electron chi connectivity index (χ1n) is 9.25. The number of amides is 1. The van der Waals surface area contributed by atoms with Crippen LogP contribution in [0.2, 0.25) is 0 Å². The molecule has 1 atom stereocenters. The predicted octanol–water partition coefficient (Wildman–Crippen LogP) is 4.47. The van der Waals surface area contributed by atoms with E-state index in [-0.39, 0.29) is 5.91 Å². The minimum Gasteiger partial charge on any atom is -0.365 e. The number of hydrogen-bond acceptors (Lipinski definition) is 4. The molecule has 1 amide bonds. The number of carbonyl (C=O) groups excluding carboxylic acids is 1. The second-order valence-electron chi connectivity index (χ2n) is 7.01. The van der Waals surface area contributed by atoms with Gasteiger partial charge in [0.05, 0.1) is 15.4 Å². The largest absolute Gasteiger partial charge is 0.365 e. The Balaban J connectivity index is 1.46. The lowest BCUT2D eigenvalue weighted by molar-refractivity contribution is 0.0731. The highest BCUT2D eigenvalue weighted by Gasteiger charge is 2.28. The molecule has 1 fully saturated rings. The number of pyridine rings is 1. The first kappa shape index (κ1) is 17.7. The third-order valence-corrected chi connectivity index (χ3v) is 6.08. The van der Waals surface area contributed by atoms with Crippen molar-refractivity contribution in [3.05, 3.63) is 71.2 Å². The standard InChI is InChI=1S/C22H23N3OS/c1-16-6-5-7-18(14-16)25-13-12-24(15-17(25)2)22(26)21-10-9-20(27-21)19-8-3-4-11-23-19/h3-11,14,17H,12-13,15H2,1-2H3. The zero-order valence-corrected chi connectivity index (χ0v) is 16.4. The molecular weight excluding hydrogens is 354 g/mol. The van der Waals surface area contributed by atoms with Crippen LogP contribution in [0.4, 0.5) is 5.69 Å². The van der Waals surface area contributed by atoms with E-state index >= 15 is 0 Å². The Bertz CT molecular complexity index is 937. The van der Waals surface area contributed by atoms with Crippen LogP contribution in [0.3, 0.4) is 0 Å². The number of carbonyl (C=O) groups is 1. The van der Waals surface area contributed by atoms with Crippen LogP contribution in [-0.2, 0) is 0 Å².